The Bertz CT molecular complexity index is 198. The standard InChI is InChI=1S/C15H33N3/c1-5-6-7-8-16-13-15(14(2)3)18-11-9-17(4)10-12-18/h14-16H,5-13H2,1-4H3. The Hall–Kier alpha value is -0.120. The Morgan fingerprint density at radius 3 is 2.28 bits per heavy atom. The molecule has 1 atom stereocenters. The van der Waals surface area contributed by atoms with Crippen LogP contribution in [0.25, 0.3) is 0 Å². The second kappa shape index (κ2) is 8.89. The number of nitrogens with zero attached hydrogens (tertiary/aromatic N) is 2. The van der Waals surface area contributed by atoms with E-state index in [9.17, 15) is 0 Å². The van der Waals surface area contributed by atoms with Crippen LogP contribution in [-0.2, 0) is 0 Å². The Labute approximate surface area is 114 Å². The van der Waals surface area contributed by atoms with Crippen LogP contribution in [0.15, 0.2) is 0 Å². The highest BCUT2D eigenvalue weighted by Crippen LogP contribution is 2.12. The summed E-state index contributed by atoms with van der Waals surface area (Å²) in [5, 5.41) is 3.65. The van der Waals surface area contributed by atoms with E-state index in [1.165, 1.54) is 52.0 Å². The predicted molar refractivity (Wildman–Crippen MR) is 80.1 cm³/mol. The zero-order valence-corrected chi connectivity index (χ0v) is 12.9. The molecule has 0 saturated carbocycles. The van der Waals surface area contributed by atoms with Gasteiger partial charge in [0.15, 0.2) is 0 Å². The fourth-order valence-corrected chi connectivity index (χ4v) is 2.69. The highest BCUT2D eigenvalue weighted by atomic mass is 15.3. The number of hydrogen-bond acceptors (Lipinski definition) is 3. The predicted octanol–water partition coefficient (Wildman–Crippen LogP) is 2.04. The number of likely N-dealkylation sites (N-methyl/N-ethyl adjacent to an activating group) is 1. The van der Waals surface area contributed by atoms with Gasteiger partial charge in [0, 0.05) is 38.8 Å². The molecule has 1 heterocycles. The van der Waals surface area contributed by atoms with Crippen molar-refractivity contribution in [3.05, 3.63) is 0 Å². The lowest BCUT2D eigenvalue weighted by Crippen LogP contribution is -2.53. The van der Waals surface area contributed by atoms with Gasteiger partial charge in [0.05, 0.1) is 0 Å². The summed E-state index contributed by atoms with van der Waals surface area (Å²) in [5.74, 6) is 0.743. The Kier molecular flexibility index (Phi) is 7.87. The zero-order chi connectivity index (χ0) is 13.4. The zero-order valence-electron chi connectivity index (χ0n) is 12.9. The average molecular weight is 255 g/mol. The van der Waals surface area contributed by atoms with Gasteiger partial charge < -0.3 is 10.2 Å². The van der Waals surface area contributed by atoms with E-state index < -0.39 is 0 Å². The van der Waals surface area contributed by atoms with Crippen molar-refractivity contribution in [2.24, 2.45) is 5.92 Å². The van der Waals surface area contributed by atoms with Gasteiger partial charge in [-0.3, -0.25) is 4.90 Å². The lowest BCUT2D eigenvalue weighted by Gasteiger charge is -2.40. The smallest absolute Gasteiger partial charge is 0.0244 e. The normalized spacial score (nSPS) is 20.5. The van der Waals surface area contributed by atoms with Crippen LogP contribution in [0, 0.1) is 5.92 Å². The Morgan fingerprint density at radius 1 is 1.06 bits per heavy atom. The van der Waals surface area contributed by atoms with E-state index in [0.717, 1.165) is 12.5 Å². The SMILES string of the molecule is CCCCCNCC(C(C)C)N1CCN(C)CC1. The maximum atomic E-state index is 3.65. The first-order valence-corrected chi connectivity index (χ1v) is 7.78. The molecule has 0 aromatic heterocycles. The van der Waals surface area contributed by atoms with Gasteiger partial charge in [0.25, 0.3) is 0 Å². The molecule has 1 saturated heterocycles. The molecule has 18 heavy (non-hydrogen) atoms. The second-order valence-electron chi connectivity index (χ2n) is 6.06. The third-order valence-electron chi connectivity index (χ3n) is 4.09. The highest BCUT2D eigenvalue weighted by molar-refractivity contribution is 4.81. The minimum Gasteiger partial charge on any atom is -0.315 e. The van der Waals surface area contributed by atoms with Crippen molar-refractivity contribution >= 4 is 0 Å². The number of nitrogens with one attached hydrogen (secondary N) is 1. The van der Waals surface area contributed by atoms with Gasteiger partial charge in [-0.25, -0.2) is 0 Å². The molecule has 3 nitrogen and oxygen atoms in total. The fraction of sp³-hybridized carbons (Fsp3) is 1.00. The molecule has 1 fully saturated rings. The molecular weight excluding hydrogens is 222 g/mol. The van der Waals surface area contributed by atoms with E-state index in [1.807, 2.05) is 0 Å². The van der Waals surface area contributed by atoms with E-state index in [1.54, 1.807) is 0 Å². The maximum absolute atomic E-state index is 3.65. The molecule has 0 amide bonds. The van der Waals surface area contributed by atoms with Gasteiger partial charge in [-0.1, -0.05) is 33.6 Å². The van der Waals surface area contributed by atoms with Crippen LogP contribution in [-0.4, -0.2) is 62.2 Å². The molecular formula is C15H33N3. The lowest BCUT2D eigenvalue weighted by molar-refractivity contribution is 0.0877. The van der Waals surface area contributed by atoms with Crippen LogP contribution in [0.1, 0.15) is 40.0 Å². The summed E-state index contributed by atoms with van der Waals surface area (Å²) >= 11 is 0. The molecule has 1 aliphatic heterocycles. The van der Waals surface area contributed by atoms with Crippen molar-refractivity contribution in [3.63, 3.8) is 0 Å². The highest BCUT2D eigenvalue weighted by Gasteiger charge is 2.24. The van der Waals surface area contributed by atoms with Gasteiger partial charge in [-0.15, -0.1) is 0 Å². The van der Waals surface area contributed by atoms with Crippen LogP contribution < -0.4 is 5.32 Å². The minimum absolute atomic E-state index is 0.709. The molecule has 1 rings (SSSR count). The Balaban J connectivity index is 2.26. The molecule has 1 unspecified atom stereocenters. The summed E-state index contributed by atoms with van der Waals surface area (Å²) in [6.07, 6.45) is 3.99. The van der Waals surface area contributed by atoms with Gasteiger partial charge in [0.1, 0.15) is 0 Å². The van der Waals surface area contributed by atoms with Crippen LogP contribution in [0.2, 0.25) is 0 Å². The molecule has 3 heteroatoms. The molecule has 108 valence electrons. The topological polar surface area (TPSA) is 18.5 Å². The first-order chi connectivity index (χ1) is 8.65. The molecule has 0 aromatic rings. The quantitative estimate of drug-likeness (QED) is 0.670. The summed E-state index contributed by atoms with van der Waals surface area (Å²) < 4.78 is 0. The summed E-state index contributed by atoms with van der Waals surface area (Å²) in [6.45, 7) is 14.2. The average Bonchev–Trinajstić information content (AvgIpc) is 2.35. The molecule has 0 aromatic carbocycles. The third-order valence-corrected chi connectivity index (χ3v) is 4.09. The summed E-state index contributed by atoms with van der Waals surface area (Å²) in [7, 11) is 2.23. The molecule has 1 aliphatic rings. The molecule has 0 radical (unpaired) electrons. The van der Waals surface area contributed by atoms with Gasteiger partial charge in [0.2, 0.25) is 0 Å². The van der Waals surface area contributed by atoms with E-state index in [2.05, 4.69) is 42.9 Å². The number of unbranched alkanes of at least 4 members (excludes halogenated alkanes) is 2. The summed E-state index contributed by atoms with van der Waals surface area (Å²) in [5.41, 5.74) is 0. The maximum Gasteiger partial charge on any atom is 0.0244 e. The van der Waals surface area contributed by atoms with Gasteiger partial charge in [-0.2, -0.15) is 0 Å². The largest absolute Gasteiger partial charge is 0.315 e. The number of rotatable bonds is 8. The number of hydrogen-bond donors (Lipinski definition) is 1. The first kappa shape index (κ1) is 15.9. The van der Waals surface area contributed by atoms with Crippen molar-refractivity contribution in [1.29, 1.82) is 0 Å². The molecule has 1 N–H and O–H groups in total. The lowest BCUT2D eigenvalue weighted by atomic mass is 10.0. The second-order valence-corrected chi connectivity index (χ2v) is 6.06. The van der Waals surface area contributed by atoms with Crippen LogP contribution in [0.3, 0.4) is 0 Å². The van der Waals surface area contributed by atoms with E-state index in [0.29, 0.717) is 6.04 Å². The third kappa shape index (κ3) is 5.68. The summed E-state index contributed by atoms with van der Waals surface area (Å²) in [4.78, 5) is 5.11. The van der Waals surface area contributed by atoms with Crippen molar-refractivity contribution in [2.45, 2.75) is 46.1 Å². The van der Waals surface area contributed by atoms with E-state index >= 15 is 0 Å². The van der Waals surface area contributed by atoms with Crippen molar-refractivity contribution in [3.8, 4) is 0 Å². The minimum atomic E-state index is 0.709. The molecule has 0 bridgehead atoms. The van der Waals surface area contributed by atoms with Gasteiger partial charge in [-0.05, 0) is 25.9 Å². The van der Waals surface area contributed by atoms with E-state index in [-0.39, 0.29) is 0 Å². The fourth-order valence-electron chi connectivity index (χ4n) is 2.69. The Morgan fingerprint density at radius 2 is 1.72 bits per heavy atom. The van der Waals surface area contributed by atoms with Crippen LogP contribution in [0.4, 0.5) is 0 Å². The van der Waals surface area contributed by atoms with Gasteiger partial charge >= 0.3 is 0 Å². The van der Waals surface area contributed by atoms with Crippen molar-refractivity contribution < 1.29 is 0 Å². The first-order valence-electron chi connectivity index (χ1n) is 7.78. The summed E-state index contributed by atoms with van der Waals surface area (Å²) in [6, 6.07) is 0.709. The van der Waals surface area contributed by atoms with Crippen LogP contribution in [0.5, 0.6) is 0 Å². The molecule has 0 aliphatic carbocycles. The van der Waals surface area contributed by atoms with Crippen molar-refractivity contribution in [2.75, 3.05) is 46.3 Å². The molecule has 0 spiro atoms. The van der Waals surface area contributed by atoms with Crippen LogP contribution >= 0.6 is 0 Å². The van der Waals surface area contributed by atoms with E-state index in [4.69, 9.17) is 0 Å². The number of piperazine rings is 1. The monoisotopic (exact) mass is 255 g/mol. The van der Waals surface area contributed by atoms with Crippen molar-refractivity contribution in [1.82, 2.24) is 15.1 Å².